The Kier molecular flexibility index (Phi) is 8.18. The van der Waals surface area contributed by atoms with E-state index in [0.29, 0.717) is 25.7 Å². The number of hydrogen-bond acceptors (Lipinski definition) is 6. The van der Waals surface area contributed by atoms with E-state index in [1.54, 1.807) is 13.3 Å². The number of rotatable bonds is 11. The third kappa shape index (κ3) is 6.54. The maximum absolute atomic E-state index is 6.02. The summed E-state index contributed by atoms with van der Waals surface area (Å²) in [6.07, 6.45) is 3.62. The Morgan fingerprint density at radius 1 is 0.867 bits per heavy atom. The van der Waals surface area contributed by atoms with Crippen LogP contribution in [0, 0.1) is 13.8 Å². The van der Waals surface area contributed by atoms with E-state index in [-0.39, 0.29) is 0 Å². The second-order valence-electron chi connectivity index (χ2n) is 7.12. The molecule has 0 amide bonds. The van der Waals surface area contributed by atoms with Crippen molar-refractivity contribution in [1.29, 1.82) is 0 Å². The van der Waals surface area contributed by atoms with Crippen LogP contribution in [0.15, 0.2) is 54.9 Å². The van der Waals surface area contributed by atoms with Crippen LogP contribution in [0.25, 0.3) is 0 Å². The van der Waals surface area contributed by atoms with Crippen LogP contribution in [-0.2, 0) is 24.4 Å². The number of aryl methyl sites for hydroxylation is 2. The molecule has 0 aliphatic rings. The molecule has 3 aromatic rings. The van der Waals surface area contributed by atoms with Gasteiger partial charge in [0.25, 0.3) is 0 Å². The molecule has 0 saturated heterocycles. The zero-order valence-electron chi connectivity index (χ0n) is 17.9. The van der Waals surface area contributed by atoms with Crippen LogP contribution in [0.2, 0.25) is 0 Å². The lowest BCUT2D eigenvalue weighted by molar-refractivity contribution is 0.143. The molecule has 0 bridgehead atoms. The second kappa shape index (κ2) is 11.3. The average molecular weight is 408 g/mol. The highest BCUT2D eigenvalue weighted by Gasteiger charge is 2.08. The van der Waals surface area contributed by atoms with Crippen molar-refractivity contribution in [3.05, 3.63) is 82.8 Å². The molecule has 6 nitrogen and oxygen atoms in total. The molecular formula is C24H29N3O3. The van der Waals surface area contributed by atoms with Crippen molar-refractivity contribution in [3.63, 3.8) is 0 Å². The Morgan fingerprint density at radius 3 is 2.33 bits per heavy atom. The lowest BCUT2D eigenvalue weighted by Gasteiger charge is -2.14. The zero-order valence-corrected chi connectivity index (χ0v) is 17.9. The molecule has 0 fully saturated rings. The molecule has 0 saturated carbocycles. The van der Waals surface area contributed by atoms with Crippen molar-refractivity contribution < 1.29 is 14.2 Å². The molecule has 30 heavy (non-hydrogen) atoms. The lowest BCUT2D eigenvalue weighted by Crippen LogP contribution is -2.13. The maximum Gasteiger partial charge on any atom is 0.213 e. The number of methoxy groups -OCH3 is 1. The molecule has 0 radical (unpaired) electrons. The molecule has 158 valence electrons. The zero-order chi connectivity index (χ0) is 21.2. The highest BCUT2D eigenvalue weighted by molar-refractivity contribution is 5.43. The van der Waals surface area contributed by atoms with Crippen LogP contribution in [-0.4, -0.2) is 30.3 Å². The summed E-state index contributed by atoms with van der Waals surface area (Å²) in [7, 11) is 1.65. The van der Waals surface area contributed by atoms with E-state index in [0.717, 1.165) is 41.2 Å². The SMILES string of the molecule is COCCOc1ccc(CNCc2cc(C)c(OCc3ccccn3)c(C)c2)cn1. The van der Waals surface area contributed by atoms with Gasteiger partial charge in [-0.3, -0.25) is 4.98 Å². The van der Waals surface area contributed by atoms with Crippen LogP contribution in [0.5, 0.6) is 11.6 Å². The predicted molar refractivity (Wildman–Crippen MR) is 117 cm³/mol. The van der Waals surface area contributed by atoms with Gasteiger partial charge < -0.3 is 19.5 Å². The minimum atomic E-state index is 0.471. The average Bonchev–Trinajstić information content (AvgIpc) is 2.75. The maximum atomic E-state index is 6.02. The standard InChI is InChI=1S/C24H29N3O3/c1-18-12-21(13-19(2)24(18)30-17-22-6-4-5-9-26-22)15-25-14-20-7-8-23(27-16-20)29-11-10-28-3/h4-9,12-13,16,25H,10-11,14-15,17H2,1-3H3. The van der Waals surface area contributed by atoms with Crippen molar-refractivity contribution in [2.24, 2.45) is 0 Å². The highest BCUT2D eigenvalue weighted by Crippen LogP contribution is 2.25. The van der Waals surface area contributed by atoms with Gasteiger partial charge in [0.1, 0.15) is 19.0 Å². The van der Waals surface area contributed by atoms with Crippen LogP contribution < -0.4 is 14.8 Å². The molecule has 6 heteroatoms. The van der Waals surface area contributed by atoms with Gasteiger partial charge in [-0.05, 0) is 48.2 Å². The van der Waals surface area contributed by atoms with E-state index >= 15 is 0 Å². The summed E-state index contributed by atoms with van der Waals surface area (Å²) in [6.45, 7) is 7.19. The Morgan fingerprint density at radius 2 is 1.67 bits per heavy atom. The minimum absolute atomic E-state index is 0.471. The van der Waals surface area contributed by atoms with Crippen LogP contribution in [0.1, 0.15) is 27.9 Å². The van der Waals surface area contributed by atoms with Gasteiger partial charge in [-0.1, -0.05) is 24.3 Å². The Balaban J connectivity index is 1.49. The van der Waals surface area contributed by atoms with E-state index in [1.807, 2.05) is 36.5 Å². The molecule has 2 heterocycles. The van der Waals surface area contributed by atoms with Gasteiger partial charge in [0.05, 0.1) is 12.3 Å². The fourth-order valence-electron chi connectivity index (χ4n) is 3.18. The number of nitrogens with one attached hydrogen (secondary N) is 1. The molecule has 1 aromatic carbocycles. The number of hydrogen-bond donors (Lipinski definition) is 1. The summed E-state index contributed by atoms with van der Waals surface area (Å²) in [4.78, 5) is 8.63. The first kappa shape index (κ1) is 21.7. The van der Waals surface area contributed by atoms with Crippen molar-refractivity contribution in [3.8, 4) is 11.6 Å². The quantitative estimate of drug-likeness (QED) is 0.485. The van der Waals surface area contributed by atoms with Crippen molar-refractivity contribution >= 4 is 0 Å². The van der Waals surface area contributed by atoms with Crippen molar-refractivity contribution in [2.75, 3.05) is 20.3 Å². The fourth-order valence-corrected chi connectivity index (χ4v) is 3.18. The fraction of sp³-hybridized carbons (Fsp3) is 0.333. The molecule has 0 spiro atoms. The van der Waals surface area contributed by atoms with Gasteiger partial charge >= 0.3 is 0 Å². The molecule has 0 unspecified atom stereocenters. The Bertz CT molecular complexity index is 892. The van der Waals surface area contributed by atoms with E-state index in [1.165, 1.54) is 5.56 Å². The first-order valence-corrected chi connectivity index (χ1v) is 10.1. The molecule has 0 aliphatic heterocycles. The van der Waals surface area contributed by atoms with Gasteiger partial charge in [0.15, 0.2) is 0 Å². The lowest BCUT2D eigenvalue weighted by atomic mass is 10.1. The second-order valence-corrected chi connectivity index (χ2v) is 7.12. The third-order valence-corrected chi connectivity index (χ3v) is 4.60. The van der Waals surface area contributed by atoms with Crippen molar-refractivity contribution in [1.82, 2.24) is 15.3 Å². The summed E-state index contributed by atoms with van der Waals surface area (Å²) in [5, 5.41) is 3.47. The summed E-state index contributed by atoms with van der Waals surface area (Å²) in [5.74, 6) is 1.54. The van der Waals surface area contributed by atoms with Crippen LogP contribution >= 0.6 is 0 Å². The monoisotopic (exact) mass is 407 g/mol. The largest absolute Gasteiger partial charge is 0.487 e. The van der Waals surface area contributed by atoms with Crippen LogP contribution in [0.3, 0.4) is 0 Å². The van der Waals surface area contributed by atoms with E-state index in [4.69, 9.17) is 14.2 Å². The van der Waals surface area contributed by atoms with Gasteiger partial charge in [0.2, 0.25) is 5.88 Å². The number of aromatic nitrogens is 2. The Labute approximate surface area is 178 Å². The minimum Gasteiger partial charge on any atom is -0.487 e. The summed E-state index contributed by atoms with van der Waals surface area (Å²) in [6, 6.07) is 14.1. The predicted octanol–water partition coefficient (Wildman–Crippen LogP) is 3.99. The summed E-state index contributed by atoms with van der Waals surface area (Å²) in [5.41, 5.74) is 5.51. The molecular weight excluding hydrogens is 378 g/mol. The summed E-state index contributed by atoms with van der Waals surface area (Å²) < 4.78 is 16.5. The van der Waals surface area contributed by atoms with Crippen LogP contribution in [0.4, 0.5) is 0 Å². The molecule has 1 N–H and O–H groups in total. The van der Waals surface area contributed by atoms with E-state index in [9.17, 15) is 0 Å². The first-order valence-electron chi connectivity index (χ1n) is 10.1. The number of nitrogens with zero attached hydrogens (tertiary/aromatic N) is 2. The smallest absolute Gasteiger partial charge is 0.213 e. The molecule has 3 rings (SSSR count). The number of pyridine rings is 2. The van der Waals surface area contributed by atoms with Gasteiger partial charge in [-0.15, -0.1) is 0 Å². The normalized spacial score (nSPS) is 10.8. The molecule has 0 aliphatic carbocycles. The molecule has 0 atom stereocenters. The number of benzene rings is 1. The topological polar surface area (TPSA) is 65.5 Å². The number of ether oxygens (including phenoxy) is 3. The highest BCUT2D eigenvalue weighted by atomic mass is 16.5. The summed E-state index contributed by atoms with van der Waals surface area (Å²) >= 11 is 0. The Hall–Kier alpha value is -2.96. The van der Waals surface area contributed by atoms with E-state index < -0.39 is 0 Å². The van der Waals surface area contributed by atoms with Gasteiger partial charge in [-0.25, -0.2) is 4.98 Å². The van der Waals surface area contributed by atoms with Gasteiger partial charge in [0, 0.05) is 38.7 Å². The molecule has 2 aromatic heterocycles. The van der Waals surface area contributed by atoms with Gasteiger partial charge in [-0.2, -0.15) is 0 Å². The third-order valence-electron chi connectivity index (χ3n) is 4.60. The first-order chi connectivity index (χ1) is 14.7. The van der Waals surface area contributed by atoms with Crippen molar-refractivity contribution in [2.45, 2.75) is 33.5 Å². The van der Waals surface area contributed by atoms with E-state index in [2.05, 4.69) is 41.3 Å².